The van der Waals surface area contributed by atoms with Gasteiger partial charge in [-0.15, -0.1) is 0 Å². The SMILES string of the molecule is COc1ccc(C2=C[C@H]3c4ccccc4OC4(CCN(C(C)=O)CC4)N3N2)cc1OC. The first kappa shape index (κ1) is 19.8. The minimum Gasteiger partial charge on any atom is -0.493 e. The van der Waals surface area contributed by atoms with Gasteiger partial charge in [0.2, 0.25) is 5.91 Å². The number of methoxy groups -OCH3 is 2. The Kier molecular flexibility index (Phi) is 4.78. The molecule has 1 N–H and O–H groups in total. The molecule has 3 aliphatic heterocycles. The summed E-state index contributed by atoms with van der Waals surface area (Å²) in [5.41, 5.74) is 6.24. The predicted octanol–water partition coefficient (Wildman–Crippen LogP) is 3.34. The highest BCUT2D eigenvalue weighted by Gasteiger charge is 2.51. The maximum atomic E-state index is 11.9. The van der Waals surface area contributed by atoms with Gasteiger partial charge in [0.05, 0.1) is 26.0 Å². The van der Waals surface area contributed by atoms with Crippen molar-refractivity contribution in [1.82, 2.24) is 15.3 Å². The molecule has 5 rings (SSSR count). The number of fused-ring (bicyclic) bond motifs is 4. The fourth-order valence-electron chi connectivity index (χ4n) is 4.80. The first-order valence-electron chi connectivity index (χ1n) is 10.6. The Labute approximate surface area is 182 Å². The highest BCUT2D eigenvalue weighted by molar-refractivity contribution is 5.73. The van der Waals surface area contributed by atoms with Crippen molar-refractivity contribution < 1.29 is 19.0 Å². The summed E-state index contributed by atoms with van der Waals surface area (Å²) >= 11 is 0. The number of nitrogens with one attached hydrogen (secondary N) is 1. The van der Waals surface area contributed by atoms with Crippen LogP contribution in [0.15, 0.2) is 48.5 Å². The highest BCUT2D eigenvalue weighted by atomic mass is 16.5. The van der Waals surface area contributed by atoms with E-state index in [1.54, 1.807) is 21.1 Å². The van der Waals surface area contributed by atoms with E-state index in [0.29, 0.717) is 24.6 Å². The van der Waals surface area contributed by atoms with Crippen LogP contribution in [0.25, 0.3) is 5.70 Å². The maximum Gasteiger partial charge on any atom is 0.219 e. The summed E-state index contributed by atoms with van der Waals surface area (Å²) < 4.78 is 17.5. The van der Waals surface area contributed by atoms with Gasteiger partial charge in [0.1, 0.15) is 5.75 Å². The molecule has 31 heavy (non-hydrogen) atoms. The zero-order valence-electron chi connectivity index (χ0n) is 18.1. The van der Waals surface area contributed by atoms with Crippen LogP contribution >= 0.6 is 0 Å². The van der Waals surface area contributed by atoms with E-state index >= 15 is 0 Å². The molecule has 1 spiro atoms. The Bertz CT molecular complexity index is 1040. The lowest BCUT2D eigenvalue weighted by atomic mass is 9.93. The van der Waals surface area contributed by atoms with Gasteiger partial charge in [-0.25, -0.2) is 0 Å². The molecule has 0 saturated carbocycles. The molecule has 7 heteroatoms. The summed E-state index contributed by atoms with van der Waals surface area (Å²) in [5, 5.41) is 2.22. The molecule has 1 amide bonds. The van der Waals surface area contributed by atoms with Crippen LogP contribution in [0.1, 0.15) is 36.9 Å². The molecule has 2 aromatic carbocycles. The molecule has 1 atom stereocenters. The second-order valence-corrected chi connectivity index (χ2v) is 8.17. The van der Waals surface area contributed by atoms with Crippen LogP contribution in [0, 0.1) is 0 Å². The smallest absolute Gasteiger partial charge is 0.219 e. The minimum absolute atomic E-state index is 0.0388. The van der Waals surface area contributed by atoms with Gasteiger partial charge in [0, 0.05) is 44.0 Å². The average Bonchev–Trinajstić information content (AvgIpc) is 3.26. The lowest BCUT2D eigenvalue weighted by molar-refractivity contribution is -0.165. The Hall–Kier alpha value is -3.19. The van der Waals surface area contributed by atoms with E-state index in [0.717, 1.165) is 35.4 Å². The van der Waals surface area contributed by atoms with E-state index in [1.165, 1.54) is 0 Å². The van der Waals surface area contributed by atoms with Crippen LogP contribution in [0.5, 0.6) is 17.2 Å². The number of hydrazine groups is 1. The number of ether oxygens (including phenoxy) is 3. The van der Waals surface area contributed by atoms with Crippen molar-refractivity contribution in [2.75, 3.05) is 27.3 Å². The largest absolute Gasteiger partial charge is 0.493 e. The second-order valence-electron chi connectivity index (χ2n) is 8.17. The molecule has 0 radical (unpaired) electrons. The number of amides is 1. The van der Waals surface area contributed by atoms with E-state index in [2.05, 4.69) is 22.6 Å². The number of benzene rings is 2. The van der Waals surface area contributed by atoms with Crippen LogP contribution in [0.2, 0.25) is 0 Å². The van der Waals surface area contributed by atoms with Gasteiger partial charge in [-0.2, -0.15) is 5.01 Å². The molecule has 2 aromatic rings. The number of hydrogen-bond donors (Lipinski definition) is 1. The number of nitrogens with zero attached hydrogens (tertiary/aromatic N) is 2. The Morgan fingerprint density at radius 2 is 1.84 bits per heavy atom. The number of carbonyl (C=O) groups excluding carboxylic acids is 1. The first-order chi connectivity index (χ1) is 15.0. The lowest BCUT2D eigenvalue weighted by Crippen LogP contribution is -2.63. The van der Waals surface area contributed by atoms with Crippen LogP contribution in [0.3, 0.4) is 0 Å². The monoisotopic (exact) mass is 421 g/mol. The summed E-state index contributed by atoms with van der Waals surface area (Å²) in [6.07, 6.45) is 3.70. The van der Waals surface area contributed by atoms with E-state index in [-0.39, 0.29) is 11.9 Å². The zero-order valence-corrected chi connectivity index (χ0v) is 18.1. The third-order valence-corrected chi connectivity index (χ3v) is 6.50. The van der Waals surface area contributed by atoms with E-state index in [9.17, 15) is 4.79 Å². The van der Waals surface area contributed by atoms with Gasteiger partial charge in [0.15, 0.2) is 17.2 Å². The molecular formula is C24H27N3O4. The van der Waals surface area contributed by atoms with Crippen molar-refractivity contribution in [2.24, 2.45) is 0 Å². The Balaban J connectivity index is 1.52. The molecule has 3 aliphatic rings. The molecule has 0 bridgehead atoms. The van der Waals surface area contributed by atoms with Gasteiger partial charge < -0.3 is 24.5 Å². The molecule has 7 nitrogen and oxygen atoms in total. The van der Waals surface area contributed by atoms with Gasteiger partial charge in [0.25, 0.3) is 0 Å². The third kappa shape index (κ3) is 3.20. The molecule has 0 aromatic heterocycles. The molecule has 162 valence electrons. The third-order valence-electron chi connectivity index (χ3n) is 6.50. The number of likely N-dealkylation sites (tertiary alicyclic amines) is 1. The molecule has 1 fully saturated rings. The molecule has 3 heterocycles. The highest BCUT2D eigenvalue weighted by Crippen LogP contribution is 2.48. The summed E-state index contributed by atoms with van der Waals surface area (Å²) in [5.74, 6) is 2.41. The molecule has 0 aliphatic carbocycles. The van der Waals surface area contributed by atoms with Crippen LogP contribution < -0.4 is 19.6 Å². The minimum atomic E-state index is -0.514. The quantitative estimate of drug-likeness (QED) is 0.820. The topological polar surface area (TPSA) is 63.3 Å². The second kappa shape index (κ2) is 7.50. The van der Waals surface area contributed by atoms with Crippen LogP contribution in [-0.2, 0) is 4.79 Å². The van der Waals surface area contributed by atoms with E-state index in [4.69, 9.17) is 14.2 Å². The number of hydrogen-bond acceptors (Lipinski definition) is 6. The maximum absolute atomic E-state index is 11.9. The van der Waals surface area contributed by atoms with Gasteiger partial charge in [-0.3, -0.25) is 4.79 Å². The standard InChI is InChI=1S/C24H27N3O4/c1-16(28)26-12-10-24(11-13-26)27-20(18-6-4-5-7-21(18)31-24)15-19(25-27)17-8-9-22(29-2)23(14-17)30-3/h4-9,14-15,20,25H,10-13H2,1-3H3/t20-/m0/s1. The zero-order chi connectivity index (χ0) is 21.6. The number of carbonyl (C=O) groups is 1. The average molecular weight is 421 g/mol. The first-order valence-corrected chi connectivity index (χ1v) is 10.6. The molecule has 1 saturated heterocycles. The lowest BCUT2D eigenvalue weighted by Gasteiger charge is -2.51. The fourth-order valence-corrected chi connectivity index (χ4v) is 4.80. The summed E-state index contributed by atoms with van der Waals surface area (Å²) in [6.45, 7) is 2.98. The summed E-state index contributed by atoms with van der Waals surface area (Å²) in [4.78, 5) is 13.8. The van der Waals surface area contributed by atoms with Crippen molar-refractivity contribution in [2.45, 2.75) is 31.5 Å². The molecular weight excluding hydrogens is 394 g/mol. The van der Waals surface area contributed by atoms with Crippen molar-refractivity contribution >= 4 is 11.6 Å². The van der Waals surface area contributed by atoms with Gasteiger partial charge in [-0.1, -0.05) is 18.2 Å². The van der Waals surface area contributed by atoms with Crippen molar-refractivity contribution in [3.8, 4) is 17.2 Å². The predicted molar refractivity (Wildman–Crippen MR) is 117 cm³/mol. The number of piperidine rings is 1. The Morgan fingerprint density at radius 1 is 1.10 bits per heavy atom. The van der Waals surface area contributed by atoms with Crippen molar-refractivity contribution in [3.63, 3.8) is 0 Å². The Morgan fingerprint density at radius 3 is 2.55 bits per heavy atom. The normalized spacial score (nSPS) is 21.5. The molecule has 0 unspecified atom stereocenters. The number of para-hydroxylation sites is 1. The fraction of sp³-hybridized carbons (Fsp3) is 0.375. The van der Waals surface area contributed by atoms with E-state index < -0.39 is 5.72 Å². The summed E-state index contributed by atoms with van der Waals surface area (Å²) in [7, 11) is 3.28. The van der Waals surface area contributed by atoms with Crippen LogP contribution in [-0.4, -0.2) is 48.9 Å². The summed E-state index contributed by atoms with van der Waals surface area (Å²) in [6, 6.07) is 14.2. The van der Waals surface area contributed by atoms with Gasteiger partial charge in [-0.05, 0) is 30.3 Å². The van der Waals surface area contributed by atoms with E-state index in [1.807, 2.05) is 41.3 Å². The van der Waals surface area contributed by atoms with Crippen molar-refractivity contribution in [3.05, 3.63) is 59.7 Å². The van der Waals surface area contributed by atoms with Crippen molar-refractivity contribution in [1.29, 1.82) is 0 Å². The van der Waals surface area contributed by atoms with Gasteiger partial charge >= 0.3 is 0 Å². The number of rotatable bonds is 3. The van der Waals surface area contributed by atoms with Crippen LogP contribution in [0.4, 0.5) is 0 Å².